The number of rotatable bonds is 3. The maximum atomic E-state index is 12.7. The van der Waals surface area contributed by atoms with Gasteiger partial charge in [-0.15, -0.1) is 0 Å². The first-order chi connectivity index (χ1) is 9.12. The maximum absolute atomic E-state index is 12.7. The molecule has 0 aromatic carbocycles. The van der Waals surface area contributed by atoms with Crippen LogP contribution in [-0.2, 0) is 9.59 Å². The Kier molecular flexibility index (Phi) is 3.37. The lowest BCUT2D eigenvalue weighted by molar-refractivity contribution is -0.142. The minimum Gasteiger partial charge on any atom is -0.326 e. The highest BCUT2D eigenvalue weighted by Gasteiger charge is 2.51. The standard InChI is InChI=1S/C15H24N2O2/c16-12(11-5-6-11)10-17-13(18)9-15(14(17)19)7-3-1-2-4-8-15/h11-12H,1-10,16H2. The molecule has 106 valence electrons. The normalized spacial score (nSPS) is 28.8. The summed E-state index contributed by atoms with van der Waals surface area (Å²) < 4.78 is 0. The van der Waals surface area contributed by atoms with Crippen LogP contribution in [-0.4, -0.2) is 29.3 Å². The first-order valence-electron chi connectivity index (χ1n) is 7.73. The Bertz CT molecular complexity index is 382. The average molecular weight is 264 g/mol. The lowest BCUT2D eigenvalue weighted by atomic mass is 9.79. The van der Waals surface area contributed by atoms with Crippen molar-refractivity contribution in [2.24, 2.45) is 17.1 Å². The number of carbonyl (C=O) groups is 2. The van der Waals surface area contributed by atoms with E-state index in [1.807, 2.05) is 0 Å². The zero-order chi connectivity index (χ0) is 13.5. The van der Waals surface area contributed by atoms with Crippen molar-refractivity contribution >= 4 is 11.8 Å². The number of carbonyl (C=O) groups excluding carboxylic acids is 2. The van der Waals surface area contributed by atoms with Gasteiger partial charge in [-0.05, 0) is 31.6 Å². The highest BCUT2D eigenvalue weighted by Crippen LogP contribution is 2.44. The fourth-order valence-corrected chi connectivity index (χ4v) is 3.73. The van der Waals surface area contributed by atoms with Crippen molar-refractivity contribution in [3.05, 3.63) is 0 Å². The van der Waals surface area contributed by atoms with E-state index in [0.717, 1.165) is 38.5 Å². The highest BCUT2D eigenvalue weighted by molar-refractivity contribution is 6.05. The fourth-order valence-electron chi connectivity index (χ4n) is 3.73. The van der Waals surface area contributed by atoms with Gasteiger partial charge in [0, 0.05) is 19.0 Å². The molecule has 3 fully saturated rings. The zero-order valence-electron chi connectivity index (χ0n) is 11.6. The second-order valence-corrected chi connectivity index (χ2v) is 6.68. The summed E-state index contributed by atoms with van der Waals surface area (Å²) in [6.07, 6.45) is 9.10. The van der Waals surface area contributed by atoms with Gasteiger partial charge >= 0.3 is 0 Å². The fraction of sp³-hybridized carbons (Fsp3) is 0.867. The minimum absolute atomic E-state index is 0.00571. The van der Waals surface area contributed by atoms with Gasteiger partial charge in [0.2, 0.25) is 11.8 Å². The quantitative estimate of drug-likeness (QED) is 0.791. The number of likely N-dealkylation sites (tertiary alicyclic amines) is 1. The van der Waals surface area contributed by atoms with Crippen molar-refractivity contribution in [2.45, 2.75) is 63.8 Å². The van der Waals surface area contributed by atoms with Gasteiger partial charge in [0.05, 0.1) is 5.41 Å². The molecule has 0 bridgehead atoms. The minimum atomic E-state index is -0.364. The number of amides is 2. The second-order valence-electron chi connectivity index (χ2n) is 6.68. The first-order valence-corrected chi connectivity index (χ1v) is 7.73. The summed E-state index contributed by atoms with van der Waals surface area (Å²) in [5.41, 5.74) is 5.72. The molecule has 1 aliphatic heterocycles. The Hall–Kier alpha value is -0.900. The predicted molar refractivity (Wildman–Crippen MR) is 72.2 cm³/mol. The van der Waals surface area contributed by atoms with Crippen LogP contribution in [0.5, 0.6) is 0 Å². The molecule has 2 aliphatic carbocycles. The number of imide groups is 1. The Morgan fingerprint density at radius 3 is 2.37 bits per heavy atom. The number of hydrogen-bond donors (Lipinski definition) is 1. The highest BCUT2D eigenvalue weighted by atomic mass is 16.2. The van der Waals surface area contributed by atoms with Crippen LogP contribution >= 0.6 is 0 Å². The summed E-state index contributed by atoms with van der Waals surface area (Å²) in [5, 5.41) is 0. The van der Waals surface area contributed by atoms with E-state index in [1.165, 1.54) is 17.7 Å². The van der Waals surface area contributed by atoms with Crippen LogP contribution in [0.25, 0.3) is 0 Å². The van der Waals surface area contributed by atoms with E-state index in [0.29, 0.717) is 18.9 Å². The van der Waals surface area contributed by atoms with Crippen molar-refractivity contribution in [2.75, 3.05) is 6.54 Å². The number of nitrogens with two attached hydrogens (primary N) is 1. The van der Waals surface area contributed by atoms with E-state index in [-0.39, 0.29) is 23.3 Å². The summed E-state index contributed by atoms with van der Waals surface area (Å²) in [6, 6.07) is -0.00571. The molecule has 0 aromatic heterocycles. The van der Waals surface area contributed by atoms with Gasteiger partial charge in [-0.1, -0.05) is 25.7 Å². The molecule has 1 spiro atoms. The molecule has 1 unspecified atom stereocenters. The van der Waals surface area contributed by atoms with Crippen molar-refractivity contribution in [1.82, 2.24) is 4.90 Å². The van der Waals surface area contributed by atoms with Gasteiger partial charge in [-0.3, -0.25) is 14.5 Å². The van der Waals surface area contributed by atoms with Crippen LogP contribution < -0.4 is 5.73 Å². The molecular weight excluding hydrogens is 240 g/mol. The third-order valence-corrected chi connectivity index (χ3v) is 5.17. The van der Waals surface area contributed by atoms with Crippen molar-refractivity contribution in [3.63, 3.8) is 0 Å². The summed E-state index contributed by atoms with van der Waals surface area (Å²) in [5.74, 6) is 0.629. The predicted octanol–water partition coefficient (Wildman–Crippen LogP) is 1.82. The van der Waals surface area contributed by atoms with Gasteiger partial charge < -0.3 is 5.73 Å². The Morgan fingerprint density at radius 2 is 1.79 bits per heavy atom. The van der Waals surface area contributed by atoms with Crippen molar-refractivity contribution in [3.8, 4) is 0 Å². The van der Waals surface area contributed by atoms with Crippen molar-refractivity contribution in [1.29, 1.82) is 0 Å². The van der Waals surface area contributed by atoms with Crippen LogP contribution in [0, 0.1) is 11.3 Å². The van der Waals surface area contributed by atoms with Gasteiger partial charge in [0.15, 0.2) is 0 Å². The van der Waals surface area contributed by atoms with Gasteiger partial charge in [-0.2, -0.15) is 0 Å². The molecule has 0 aromatic rings. The smallest absolute Gasteiger partial charge is 0.235 e. The molecule has 3 aliphatic rings. The van der Waals surface area contributed by atoms with Crippen LogP contribution in [0.15, 0.2) is 0 Å². The summed E-state index contributed by atoms with van der Waals surface area (Å²) in [4.78, 5) is 26.4. The van der Waals surface area contributed by atoms with Crippen LogP contribution in [0.3, 0.4) is 0 Å². The Morgan fingerprint density at radius 1 is 1.16 bits per heavy atom. The zero-order valence-corrected chi connectivity index (χ0v) is 11.6. The molecular formula is C15H24N2O2. The molecule has 4 nitrogen and oxygen atoms in total. The number of nitrogens with zero attached hydrogens (tertiary/aromatic N) is 1. The molecule has 4 heteroatoms. The summed E-state index contributed by atoms with van der Waals surface area (Å²) in [7, 11) is 0. The molecule has 2 N–H and O–H groups in total. The van der Waals surface area contributed by atoms with Crippen LogP contribution in [0.2, 0.25) is 0 Å². The molecule has 1 saturated heterocycles. The SMILES string of the molecule is NC(CN1C(=O)CC2(CCCCCC2)C1=O)C1CC1. The van der Waals surface area contributed by atoms with Crippen LogP contribution in [0.1, 0.15) is 57.8 Å². The lowest BCUT2D eigenvalue weighted by Gasteiger charge is -2.26. The summed E-state index contributed by atoms with van der Waals surface area (Å²) >= 11 is 0. The third kappa shape index (κ3) is 2.42. The van der Waals surface area contributed by atoms with E-state index in [2.05, 4.69) is 0 Å². The Labute approximate surface area is 114 Å². The first kappa shape index (κ1) is 13.1. The molecule has 19 heavy (non-hydrogen) atoms. The second kappa shape index (κ2) is 4.89. The van der Waals surface area contributed by atoms with E-state index < -0.39 is 0 Å². The molecule has 2 saturated carbocycles. The maximum Gasteiger partial charge on any atom is 0.235 e. The van der Waals surface area contributed by atoms with Gasteiger partial charge in [0.25, 0.3) is 0 Å². The number of hydrogen-bond acceptors (Lipinski definition) is 3. The Balaban J connectivity index is 1.72. The topological polar surface area (TPSA) is 63.4 Å². The largest absolute Gasteiger partial charge is 0.326 e. The third-order valence-electron chi connectivity index (χ3n) is 5.17. The monoisotopic (exact) mass is 264 g/mol. The van der Waals surface area contributed by atoms with Crippen LogP contribution in [0.4, 0.5) is 0 Å². The van der Waals surface area contributed by atoms with E-state index in [9.17, 15) is 9.59 Å². The van der Waals surface area contributed by atoms with Crippen molar-refractivity contribution < 1.29 is 9.59 Å². The summed E-state index contributed by atoms with van der Waals surface area (Å²) in [6.45, 7) is 0.448. The molecule has 1 heterocycles. The molecule has 1 atom stereocenters. The van der Waals surface area contributed by atoms with Gasteiger partial charge in [0.1, 0.15) is 0 Å². The van der Waals surface area contributed by atoms with E-state index in [1.54, 1.807) is 0 Å². The van der Waals surface area contributed by atoms with Gasteiger partial charge in [-0.25, -0.2) is 0 Å². The lowest BCUT2D eigenvalue weighted by Crippen LogP contribution is -2.43. The van der Waals surface area contributed by atoms with E-state index in [4.69, 9.17) is 5.73 Å². The molecule has 2 amide bonds. The molecule has 0 radical (unpaired) electrons. The average Bonchev–Trinajstić information content (AvgIpc) is 3.19. The van der Waals surface area contributed by atoms with E-state index >= 15 is 0 Å². The molecule has 3 rings (SSSR count).